The summed E-state index contributed by atoms with van der Waals surface area (Å²) in [7, 11) is 2.07. The summed E-state index contributed by atoms with van der Waals surface area (Å²) >= 11 is 0. The zero-order chi connectivity index (χ0) is 19.7. The fourth-order valence-corrected chi connectivity index (χ4v) is 3.43. The molecule has 0 atom stereocenters. The van der Waals surface area contributed by atoms with Crippen LogP contribution < -0.4 is 5.32 Å². The van der Waals surface area contributed by atoms with Crippen molar-refractivity contribution in [3.05, 3.63) is 64.9 Å². The van der Waals surface area contributed by atoms with Crippen molar-refractivity contribution in [2.24, 2.45) is 7.05 Å². The van der Waals surface area contributed by atoms with E-state index in [1.807, 2.05) is 26.8 Å². The van der Waals surface area contributed by atoms with E-state index in [2.05, 4.69) is 73.4 Å². The van der Waals surface area contributed by atoms with Crippen LogP contribution in [0, 0.1) is 13.8 Å². The summed E-state index contributed by atoms with van der Waals surface area (Å²) in [5, 5.41) is 4.19. The van der Waals surface area contributed by atoms with Gasteiger partial charge in [-0.25, -0.2) is 0 Å². The Kier molecular flexibility index (Phi) is 5.22. The molecule has 0 saturated heterocycles. The molecule has 0 unspecified atom stereocenters. The van der Waals surface area contributed by atoms with E-state index in [0.717, 1.165) is 11.1 Å². The molecule has 3 aromatic rings. The van der Waals surface area contributed by atoms with Crippen molar-refractivity contribution < 1.29 is 4.79 Å². The van der Waals surface area contributed by atoms with E-state index in [4.69, 9.17) is 0 Å². The number of nitrogens with one attached hydrogen (secondary N) is 1. The molecule has 140 valence electrons. The number of hydrogen-bond acceptors (Lipinski definition) is 1. The number of carbonyl (C=O) groups excluding carboxylic acids is 1. The number of benzene rings is 2. The minimum Gasteiger partial charge on any atom is -0.351 e. The van der Waals surface area contributed by atoms with E-state index in [-0.39, 0.29) is 11.9 Å². The second-order valence-electron chi connectivity index (χ2n) is 7.68. The molecule has 0 radical (unpaired) electrons. The number of carbonyl (C=O) groups is 1. The molecule has 3 rings (SSSR count). The van der Waals surface area contributed by atoms with E-state index in [1.54, 1.807) is 0 Å². The predicted molar refractivity (Wildman–Crippen MR) is 115 cm³/mol. The van der Waals surface area contributed by atoms with Crippen LogP contribution in [0.5, 0.6) is 0 Å². The zero-order valence-corrected chi connectivity index (χ0v) is 17.1. The van der Waals surface area contributed by atoms with Crippen LogP contribution in [0.4, 0.5) is 0 Å². The fraction of sp³-hybridized carbons (Fsp3) is 0.292. The second-order valence-corrected chi connectivity index (χ2v) is 7.68. The van der Waals surface area contributed by atoms with Crippen molar-refractivity contribution in [1.29, 1.82) is 0 Å². The van der Waals surface area contributed by atoms with Gasteiger partial charge in [0.05, 0.1) is 0 Å². The first kappa shape index (κ1) is 19.0. The summed E-state index contributed by atoms with van der Waals surface area (Å²) in [6, 6.07) is 13.3. The van der Waals surface area contributed by atoms with Gasteiger partial charge in [0.15, 0.2) is 0 Å². The van der Waals surface area contributed by atoms with Crippen molar-refractivity contribution in [2.45, 2.75) is 40.7 Å². The molecule has 1 aromatic heterocycles. The molecule has 2 aromatic carbocycles. The summed E-state index contributed by atoms with van der Waals surface area (Å²) in [5.74, 6) is -0.0133. The van der Waals surface area contributed by atoms with Crippen LogP contribution >= 0.6 is 0 Å². The van der Waals surface area contributed by atoms with Gasteiger partial charge in [-0.05, 0) is 86.7 Å². The number of nitrogens with zero attached hydrogens (tertiary/aromatic N) is 1. The average molecular weight is 361 g/mol. The standard InChI is InChI=1S/C24H28N2O/c1-15(2)25-24(27)18(5)12-21-11-17(4)22(13-16(21)3)19-7-8-23-20(14-19)9-10-26(23)6/h7-15H,1-6H3,(H,25,27)/b18-12+. The van der Waals surface area contributed by atoms with Crippen LogP contribution in [0.2, 0.25) is 0 Å². The lowest BCUT2D eigenvalue weighted by Crippen LogP contribution is -2.30. The molecule has 3 nitrogen and oxygen atoms in total. The molecule has 1 amide bonds. The van der Waals surface area contributed by atoms with Gasteiger partial charge in [-0.3, -0.25) is 4.79 Å². The minimum absolute atomic E-state index is 0.0133. The topological polar surface area (TPSA) is 34.0 Å². The van der Waals surface area contributed by atoms with Crippen molar-refractivity contribution in [1.82, 2.24) is 9.88 Å². The van der Waals surface area contributed by atoms with Crippen LogP contribution in [-0.4, -0.2) is 16.5 Å². The number of aromatic nitrogens is 1. The first-order valence-corrected chi connectivity index (χ1v) is 9.42. The third-order valence-electron chi connectivity index (χ3n) is 4.96. The summed E-state index contributed by atoms with van der Waals surface area (Å²) < 4.78 is 2.14. The Hall–Kier alpha value is -2.81. The normalized spacial score (nSPS) is 12.0. The first-order valence-electron chi connectivity index (χ1n) is 9.42. The maximum atomic E-state index is 12.2. The monoisotopic (exact) mass is 360 g/mol. The highest BCUT2D eigenvalue weighted by Gasteiger charge is 2.10. The molecule has 0 fully saturated rings. The third kappa shape index (κ3) is 3.97. The molecule has 27 heavy (non-hydrogen) atoms. The van der Waals surface area contributed by atoms with Gasteiger partial charge in [0.1, 0.15) is 0 Å². The Morgan fingerprint density at radius 1 is 1.07 bits per heavy atom. The third-order valence-corrected chi connectivity index (χ3v) is 4.96. The number of aryl methyl sites for hydroxylation is 3. The number of hydrogen-bond donors (Lipinski definition) is 1. The average Bonchev–Trinajstić information content (AvgIpc) is 2.97. The zero-order valence-electron chi connectivity index (χ0n) is 17.1. The highest BCUT2D eigenvalue weighted by molar-refractivity contribution is 5.97. The summed E-state index contributed by atoms with van der Waals surface area (Å²) in [6.45, 7) is 10.0. The van der Waals surface area contributed by atoms with E-state index < -0.39 is 0 Å². The Balaban J connectivity index is 1.97. The van der Waals surface area contributed by atoms with E-state index in [0.29, 0.717) is 0 Å². The van der Waals surface area contributed by atoms with Gasteiger partial charge < -0.3 is 9.88 Å². The van der Waals surface area contributed by atoms with Gasteiger partial charge in [0.2, 0.25) is 5.91 Å². The maximum Gasteiger partial charge on any atom is 0.247 e. The molecular weight excluding hydrogens is 332 g/mol. The molecular formula is C24H28N2O. The lowest BCUT2D eigenvalue weighted by atomic mass is 9.93. The predicted octanol–water partition coefficient (Wildman–Crippen LogP) is 5.39. The molecule has 1 heterocycles. The fourth-order valence-electron chi connectivity index (χ4n) is 3.43. The molecule has 0 bridgehead atoms. The first-order chi connectivity index (χ1) is 12.8. The summed E-state index contributed by atoms with van der Waals surface area (Å²) in [4.78, 5) is 12.2. The van der Waals surface area contributed by atoms with Gasteiger partial charge in [-0.1, -0.05) is 18.2 Å². The lowest BCUT2D eigenvalue weighted by molar-refractivity contribution is -0.117. The van der Waals surface area contributed by atoms with Gasteiger partial charge in [0, 0.05) is 35.8 Å². The summed E-state index contributed by atoms with van der Waals surface area (Å²) in [5.41, 5.74) is 7.89. The molecule has 0 aliphatic carbocycles. The molecule has 0 spiro atoms. The number of amides is 1. The minimum atomic E-state index is -0.0133. The largest absolute Gasteiger partial charge is 0.351 e. The highest BCUT2D eigenvalue weighted by Crippen LogP contribution is 2.30. The van der Waals surface area contributed by atoms with Crippen molar-refractivity contribution >= 4 is 22.9 Å². The molecule has 3 heteroatoms. The van der Waals surface area contributed by atoms with Crippen molar-refractivity contribution in [3.63, 3.8) is 0 Å². The van der Waals surface area contributed by atoms with E-state index in [9.17, 15) is 4.79 Å². The second kappa shape index (κ2) is 7.43. The Labute approximate surface area is 161 Å². The van der Waals surface area contributed by atoms with E-state index in [1.165, 1.54) is 33.2 Å². The van der Waals surface area contributed by atoms with Crippen molar-refractivity contribution in [2.75, 3.05) is 0 Å². The number of fused-ring (bicyclic) bond motifs is 1. The molecule has 0 saturated carbocycles. The van der Waals surface area contributed by atoms with Crippen LogP contribution in [0.15, 0.2) is 48.2 Å². The van der Waals surface area contributed by atoms with E-state index >= 15 is 0 Å². The summed E-state index contributed by atoms with van der Waals surface area (Å²) in [6.07, 6.45) is 4.07. The molecule has 0 aliphatic rings. The Bertz CT molecular complexity index is 1040. The van der Waals surface area contributed by atoms with Crippen molar-refractivity contribution in [3.8, 4) is 11.1 Å². The smallest absolute Gasteiger partial charge is 0.247 e. The SMILES string of the molecule is C/C(=C\c1cc(C)c(-c2ccc3c(ccn3C)c2)cc1C)C(=O)NC(C)C. The van der Waals surface area contributed by atoms with Gasteiger partial charge in [0.25, 0.3) is 0 Å². The maximum absolute atomic E-state index is 12.2. The Morgan fingerprint density at radius 3 is 2.52 bits per heavy atom. The van der Waals surface area contributed by atoms with Crippen LogP contribution in [0.3, 0.4) is 0 Å². The van der Waals surface area contributed by atoms with Gasteiger partial charge in [-0.2, -0.15) is 0 Å². The lowest BCUT2D eigenvalue weighted by Gasteiger charge is -2.13. The highest BCUT2D eigenvalue weighted by atomic mass is 16.1. The van der Waals surface area contributed by atoms with Crippen LogP contribution in [0.25, 0.3) is 28.1 Å². The van der Waals surface area contributed by atoms with Gasteiger partial charge in [-0.15, -0.1) is 0 Å². The Morgan fingerprint density at radius 2 is 1.81 bits per heavy atom. The van der Waals surface area contributed by atoms with Crippen LogP contribution in [-0.2, 0) is 11.8 Å². The molecule has 0 aliphatic heterocycles. The quantitative estimate of drug-likeness (QED) is 0.622. The van der Waals surface area contributed by atoms with Gasteiger partial charge >= 0.3 is 0 Å². The molecule has 1 N–H and O–H groups in total. The number of rotatable bonds is 4. The van der Waals surface area contributed by atoms with Crippen LogP contribution in [0.1, 0.15) is 37.5 Å².